The number of carboxylic acid groups (broad SMARTS) is 1. The Labute approximate surface area is 116 Å². The number of nitrogens with zero attached hydrogens (tertiary/aromatic N) is 1. The summed E-state index contributed by atoms with van der Waals surface area (Å²) in [6.07, 6.45) is 1.61. The number of aryl methyl sites for hydroxylation is 3. The number of hydrogen-bond donors (Lipinski definition) is 1. The molecule has 0 aliphatic carbocycles. The summed E-state index contributed by atoms with van der Waals surface area (Å²) in [7, 11) is 0. The van der Waals surface area contributed by atoms with Crippen molar-refractivity contribution in [1.29, 1.82) is 0 Å². The molecule has 1 aromatic heterocycles. The smallest absolute Gasteiger partial charge is 0.347 e. The van der Waals surface area contributed by atoms with E-state index in [4.69, 9.17) is 0 Å². The Morgan fingerprint density at radius 3 is 2.74 bits per heavy atom. The summed E-state index contributed by atoms with van der Waals surface area (Å²) in [4.78, 5) is 16.2. The molecule has 0 atom stereocenters. The van der Waals surface area contributed by atoms with Gasteiger partial charge in [-0.2, -0.15) is 0 Å². The third-order valence-corrected chi connectivity index (χ3v) is 4.12. The Balaban J connectivity index is 2.53. The summed E-state index contributed by atoms with van der Waals surface area (Å²) in [5.74, 6) is -0.877. The van der Waals surface area contributed by atoms with Gasteiger partial charge in [-0.3, -0.25) is 0 Å². The third kappa shape index (κ3) is 2.84. The summed E-state index contributed by atoms with van der Waals surface area (Å²) >= 11 is 1.27. The van der Waals surface area contributed by atoms with Crippen LogP contribution in [0.1, 0.15) is 39.8 Å². The van der Waals surface area contributed by atoms with Crippen molar-refractivity contribution in [2.24, 2.45) is 0 Å². The molecule has 3 nitrogen and oxygen atoms in total. The second kappa shape index (κ2) is 5.53. The second-order valence-electron chi connectivity index (χ2n) is 4.67. The van der Waals surface area contributed by atoms with Crippen LogP contribution in [-0.4, -0.2) is 16.1 Å². The molecule has 4 heteroatoms. The minimum atomic E-state index is -0.877. The standard InChI is InChI=1S/C15H17NO2S/c1-4-5-12-13(15(17)18)19-14(16-12)11-8-9(2)6-7-10(11)3/h6-8H,4-5H2,1-3H3,(H,17,18). The Hall–Kier alpha value is -1.68. The maximum absolute atomic E-state index is 11.3. The Bertz CT molecular complexity index is 617. The van der Waals surface area contributed by atoms with E-state index < -0.39 is 5.97 Å². The highest BCUT2D eigenvalue weighted by Gasteiger charge is 2.18. The molecule has 0 spiro atoms. The van der Waals surface area contributed by atoms with Crippen LogP contribution in [0.4, 0.5) is 0 Å². The molecule has 2 rings (SSSR count). The molecule has 19 heavy (non-hydrogen) atoms. The quantitative estimate of drug-likeness (QED) is 0.914. The lowest BCUT2D eigenvalue weighted by Gasteiger charge is -2.03. The molecular formula is C15H17NO2S. The van der Waals surface area contributed by atoms with Gasteiger partial charge in [0, 0.05) is 5.56 Å². The van der Waals surface area contributed by atoms with Gasteiger partial charge in [-0.05, 0) is 31.9 Å². The van der Waals surface area contributed by atoms with Crippen molar-refractivity contribution in [2.45, 2.75) is 33.6 Å². The summed E-state index contributed by atoms with van der Waals surface area (Å²) in [5, 5.41) is 10.1. The highest BCUT2D eigenvalue weighted by molar-refractivity contribution is 7.17. The van der Waals surface area contributed by atoms with E-state index >= 15 is 0 Å². The van der Waals surface area contributed by atoms with Gasteiger partial charge < -0.3 is 5.11 Å². The van der Waals surface area contributed by atoms with Crippen LogP contribution in [0.25, 0.3) is 10.6 Å². The number of aromatic carboxylic acids is 1. The summed E-state index contributed by atoms with van der Waals surface area (Å²) in [6, 6.07) is 6.17. The van der Waals surface area contributed by atoms with Crippen molar-refractivity contribution in [3.05, 3.63) is 39.9 Å². The van der Waals surface area contributed by atoms with E-state index in [-0.39, 0.29) is 0 Å². The third-order valence-electron chi connectivity index (χ3n) is 3.00. The maximum Gasteiger partial charge on any atom is 0.347 e. The molecule has 1 N–H and O–H groups in total. The van der Waals surface area contributed by atoms with E-state index in [2.05, 4.69) is 17.1 Å². The van der Waals surface area contributed by atoms with E-state index in [0.29, 0.717) is 17.0 Å². The summed E-state index contributed by atoms with van der Waals surface area (Å²) in [6.45, 7) is 6.08. The first kappa shape index (κ1) is 13.7. The number of rotatable bonds is 4. The van der Waals surface area contributed by atoms with Crippen molar-refractivity contribution in [2.75, 3.05) is 0 Å². The molecule has 2 aromatic rings. The van der Waals surface area contributed by atoms with Crippen molar-refractivity contribution in [3.63, 3.8) is 0 Å². The zero-order chi connectivity index (χ0) is 14.0. The van der Waals surface area contributed by atoms with Gasteiger partial charge in [-0.1, -0.05) is 31.0 Å². The normalized spacial score (nSPS) is 10.7. The number of thiazole rings is 1. The SMILES string of the molecule is CCCc1nc(-c2cc(C)ccc2C)sc1C(=O)O. The minimum absolute atomic E-state index is 0.373. The zero-order valence-corrected chi connectivity index (χ0v) is 12.2. The molecule has 100 valence electrons. The van der Waals surface area contributed by atoms with Crippen molar-refractivity contribution >= 4 is 17.3 Å². The van der Waals surface area contributed by atoms with Crippen LogP contribution in [0.5, 0.6) is 0 Å². The Kier molecular flexibility index (Phi) is 4.00. The van der Waals surface area contributed by atoms with Gasteiger partial charge in [-0.25, -0.2) is 9.78 Å². The van der Waals surface area contributed by atoms with Crippen LogP contribution in [0.2, 0.25) is 0 Å². The van der Waals surface area contributed by atoms with E-state index in [1.807, 2.05) is 26.8 Å². The fourth-order valence-electron chi connectivity index (χ4n) is 2.01. The van der Waals surface area contributed by atoms with Crippen molar-refractivity contribution in [1.82, 2.24) is 4.98 Å². The monoisotopic (exact) mass is 275 g/mol. The van der Waals surface area contributed by atoms with Gasteiger partial charge in [0.05, 0.1) is 5.69 Å². The van der Waals surface area contributed by atoms with Gasteiger partial charge in [0.25, 0.3) is 0 Å². The lowest BCUT2D eigenvalue weighted by Crippen LogP contribution is -1.98. The van der Waals surface area contributed by atoms with Crippen LogP contribution < -0.4 is 0 Å². The van der Waals surface area contributed by atoms with Crippen molar-refractivity contribution < 1.29 is 9.90 Å². The van der Waals surface area contributed by atoms with Crippen LogP contribution in [0, 0.1) is 13.8 Å². The van der Waals surface area contributed by atoms with Gasteiger partial charge >= 0.3 is 5.97 Å². The van der Waals surface area contributed by atoms with Gasteiger partial charge in [0.1, 0.15) is 9.88 Å². The molecule has 0 aliphatic rings. The maximum atomic E-state index is 11.3. The molecule has 0 amide bonds. The first-order valence-electron chi connectivity index (χ1n) is 6.33. The topological polar surface area (TPSA) is 50.2 Å². The van der Waals surface area contributed by atoms with E-state index in [9.17, 15) is 9.90 Å². The van der Waals surface area contributed by atoms with Gasteiger partial charge in [0.15, 0.2) is 0 Å². The van der Waals surface area contributed by atoms with E-state index in [1.54, 1.807) is 0 Å². The van der Waals surface area contributed by atoms with Crippen LogP contribution >= 0.6 is 11.3 Å². The molecule has 1 heterocycles. The lowest BCUT2D eigenvalue weighted by molar-refractivity contribution is 0.0700. The highest BCUT2D eigenvalue weighted by atomic mass is 32.1. The molecule has 0 saturated carbocycles. The molecule has 0 fully saturated rings. The zero-order valence-electron chi connectivity index (χ0n) is 11.4. The van der Waals surface area contributed by atoms with E-state index in [1.165, 1.54) is 11.3 Å². The van der Waals surface area contributed by atoms with Gasteiger partial charge in [-0.15, -0.1) is 11.3 Å². The minimum Gasteiger partial charge on any atom is -0.477 e. The second-order valence-corrected chi connectivity index (χ2v) is 5.67. The van der Waals surface area contributed by atoms with Crippen LogP contribution in [-0.2, 0) is 6.42 Å². The van der Waals surface area contributed by atoms with Crippen LogP contribution in [0.15, 0.2) is 18.2 Å². The molecule has 0 saturated heterocycles. The molecular weight excluding hydrogens is 258 g/mol. The number of hydrogen-bond acceptors (Lipinski definition) is 3. The van der Waals surface area contributed by atoms with Crippen molar-refractivity contribution in [3.8, 4) is 10.6 Å². The largest absolute Gasteiger partial charge is 0.477 e. The fraction of sp³-hybridized carbons (Fsp3) is 0.333. The Morgan fingerprint density at radius 1 is 1.37 bits per heavy atom. The van der Waals surface area contributed by atoms with Crippen LogP contribution in [0.3, 0.4) is 0 Å². The predicted molar refractivity (Wildman–Crippen MR) is 78.0 cm³/mol. The predicted octanol–water partition coefficient (Wildman–Crippen LogP) is 4.08. The average Bonchev–Trinajstić information content (AvgIpc) is 2.77. The van der Waals surface area contributed by atoms with Gasteiger partial charge in [0.2, 0.25) is 0 Å². The first-order valence-corrected chi connectivity index (χ1v) is 7.15. The van der Waals surface area contributed by atoms with E-state index in [0.717, 1.165) is 28.1 Å². The number of aromatic nitrogens is 1. The molecule has 0 radical (unpaired) electrons. The molecule has 0 aliphatic heterocycles. The highest BCUT2D eigenvalue weighted by Crippen LogP contribution is 2.31. The Morgan fingerprint density at radius 2 is 2.11 bits per heavy atom. The molecule has 0 unspecified atom stereocenters. The fourth-order valence-corrected chi connectivity index (χ4v) is 3.04. The molecule has 1 aromatic carbocycles. The summed E-state index contributed by atoms with van der Waals surface area (Å²) < 4.78 is 0. The number of carboxylic acids is 1. The summed E-state index contributed by atoms with van der Waals surface area (Å²) in [5.41, 5.74) is 4.02. The number of benzene rings is 1. The average molecular weight is 275 g/mol. The first-order chi connectivity index (χ1) is 9.02. The number of carbonyl (C=O) groups is 1. The molecule has 0 bridgehead atoms. The lowest BCUT2D eigenvalue weighted by atomic mass is 10.1.